The van der Waals surface area contributed by atoms with Gasteiger partial charge in [-0.3, -0.25) is 14.6 Å². The van der Waals surface area contributed by atoms with Gasteiger partial charge in [0.15, 0.2) is 17.3 Å². The van der Waals surface area contributed by atoms with E-state index in [2.05, 4.69) is 54.6 Å². The molecule has 0 bridgehead atoms. The van der Waals surface area contributed by atoms with Gasteiger partial charge in [0.1, 0.15) is 6.04 Å². The van der Waals surface area contributed by atoms with Crippen LogP contribution in [0.15, 0.2) is 47.3 Å². The minimum absolute atomic E-state index is 0.0827. The molecule has 2 fully saturated rings. The summed E-state index contributed by atoms with van der Waals surface area (Å²) in [6, 6.07) is 13.9. The number of pyridine rings is 1. The van der Waals surface area contributed by atoms with Crippen molar-refractivity contribution in [3.05, 3.63) is 75.3 Å². The molecule has 3 aliphatic rings. The van der Waals surface area contributed by atoms with Crippen LogP contribution in [0.4, 0.5) is 0 Å². The summed E-state index contributed by atoms with van der Waals surface area (Å²) >= 11 is 0. The summed E-state index contributed by atoms with van der Waals surface area (Å²) in [5, 5.41) is 13.8. The normalized spacial score (nSPS) is 20.4. The fraction of sp³-hybridized carbons (Fsp3) is 0.448. The van der Waals surface area contributed by atoms with E-state index in [1.807, 2.05) is 29.8 Å². The van der Waals surface area contributed by atoms with Gasteiger partial charge in [-0.2, -0.15) is 0 Å². The molecule has 0 saturated carbocycles. The first-order valence-electron chi connectivity index (χ1n) is 14.0. The first kappa shape index (κ1) is 25.2. The highest BCUT2D eigenvalue weighted by atomic mass is 16.7. The lowest BCUT2D eigenvalue weighted by molar-refractivity contribution is 0.0840. The van der Waals surface area contributed by atoms with Gasteiger partial charge in [0, 0.05) is 50.4 Å². The summed E-state index contributed by atoms with van der Waals surface area (Å²) in [7, 11) is 0. The molecule has 40 heavy (non-hydrogen) atoms. The quantitative estimate of drug-likeness (QED) is 0.376. The first-order valence-corrected chi connectivity index (χ1v) is 14.0. The number of H-pyrrole nitrogens is 1. The van der Waals surface area contributed by atoms with Crippen LogP contribution in [0.2, 0.25) is 0 Å². The molecule has 0 amide bonds. The van der Waals surface area contributed by atoms with Crippen molar-refractivity contribution in [3.8, 4) is 11.5 Å². The monoisotopic (exact) mass is 543 g/mol. The number of aromatic nitrogens is 5. The fourth-order valence-electron chi connectivity index (χ4n) is 6.03. The van der Waals surface area contributed by atoms with E-state index in [0.29, 0.717) is 17.9 Å². The Hall–Kier alpha value is -3.80. The van der Waals surface area contributed by atoms with Crippen molar-refractivity contribution < 1.29 is 14.2 Å². The second-order valence-corrected chi connectivity index (χ2v) is 10.9. The van der Waals surface area contributed by atoms with Crippen LogP contribution in [0.25, 0.3) is 10.9 Å². The maximum atomic E-state index is 13.6. The smallest absolute Gasteiger partial charge is 0.253 e. The lowest BCUT2D eigenvalue weighted by Crippen LogP contribution is -2.48. The Labute approximate surface area is 231 Å². The third-order valence-corrected chi connectivity index (χ3v) is 8.14. The molecule has 2 unspecified atom stereocenters. The fourth-order valence-corrected chi connectivity index (χ4v) is 6.03. The van der Waals surface area contributed by atoms with Crippen molar-refractivity contribution >= 4 is 10.9 Å². The van der Waals surface area contributed by atoms with Crippen molar-refractivity contribution in [1.29, 1.82) is 0 Å². The van der Waals surface area contributed by atoms with Crippen molar-refractivity contribution in [2.24, 2.45) is 0 Å². The molecule has 0 radical (unpaired) electrons. The van der Waals surface area contributed by atoms with Gasteiger partial charge < -0.3 is 19.2 Å². The zero-order chi connectivity index (χ0) is 27.1. The molecule has 2 aromatic heterocycles. The lowest BCUT2D eigenvalue weighted by Gasteiger charge is -2.38. The van der Waals surface area contributed by atoms with E-state index in [4.69, 9.17) is 14.2 Å². The summed E-state index contributed by atoms with van der Waals surface area (Å²) in [4.78, 5) is 21.4. The lowest BCUT2D eigenvalue weighted by atomic mass is 10.0. The van der Waals surface area contributed by atoms with Crippen molar-refractivity contribution in [2.45, 2.75) is 45.0 Å². The molecule has 0 spiro atoms. The maximum absolute atomic E-state index is 13.6. The van der Waals surface area contributed by atoms with Gasteiger partial charge >= 0.3 is 0 Å². The SMILES string of the molecule is Cc1ccc2cc(C(c3nnnn3CC3CCCO3)N3CCN(Cc4ccc5c(c4)OCO5)CC3)c(=O)[nH]c2c1. The van der Waals surface area contributed by atoms with Gasteiger partial charge in [-0.15, -0.1) is 5.10 Å². The van der Waals surface area contributed by atoms with E-state index in [1.54, 1.807) is 0 Å². The summed E-state index contributed by atoms with van der Waals surface area (Å²) in [6.45, 7) is 7.71. The average molecular weight is 544 g/mol. The molecule has 208 valence electrons. The number of nitrogens with one attached hydrogen (secondary N) is 1. The minimum Gasteiger partial charge on any atom is -0.454 e. The number of tetrazole rings is 1. The number of nitrogens with zero attached hydrogens (tertiary/aromatic N) is 6. The van der Waals surface area contributed by atoms with Crippen LogP contribution in [-0.2, 0) is 17.8 Å². The van der Waals surface area contributed by atoms with E-state index in [0.717, 1.165) is 80.1 Å². The predicted molar refractivity (Wildman–Crippen MR) is 147 cm³/mol. The summed E-state index contributed by atoms with van der Waals surface area (Å²) in [5.74, 6) is 2.28. The Morgan fingerprint density at radius 2 is 1.93 bits per heavy atom. The first-order chi connectivity index (χ1) is 19.6. The highest BCUT2D eigenvalue weighted by Crippen LogP contribution is 2.33. The van der Waals surface area contributed by atoms with Crippen molar-refractivity contribution in [1.82, 2.24) is 35.0 Å². The molecule has 11 nitrogen and oxygen atoms in total. The number of aryl methyl sites for hydroxylation is 1. The largest absolute Gasteiger partial charge is 0.454 e. The van der Waals surface area contributed by atoms with Crippen LogP contribution in [0.1, 0.15) is 41.4 Å². The highest BCUT2D eigenvalue weighted by Gasteiger charge is 2.33. The number of aromatic amines is 1. The molecule has 2 aromatic carbocycles. The number of hydrogen-bond acceptors (Lipinski definition) is 9. The van der Waals surface area contributed by atoms with E-state index in [1.165, 1.54) is 5.56 Å². The molecule has 3 aliphatic heterocycles. The van der Waals surface area contributed by atoms with Crippen LogP contribution < -0.4 is 15.0 Å². The molecule has 11 heteroatoms. The number of piperazine rings is 1. The zero-order valence-electron chi connectivity index (χ0n) is 22.6. The Balaban J connectivity index is 1.17. The van der Waals surface area contributed by atoms with E-state index in [-0.39, 0.29) is 24.5 Å². The topological polar surface area (TPSA) is 111 Å². The summed E-state index contributed by atoms with van der Waals surface area (Å²) < 4.78 is 18.7. The molecule has 0 aliphatic carbocycles. The molecule has 2 atom stereocenters. The third kappa shape index (κ3) is 4.96. The van der Waals surface area contributed by atoms with Crippen molar-refractivity contribution in [3.63, 3.8) is 0 Å². The van der Waals surface area contributed by atoms with Gasteiger partial charge in [0.05, 0.1) is 12.6 Å². The van der Waals surface area contributed by atoms with Gasteiger partial charge in [0.2, 0.25) is 6.79 Å². The number of fused-ring (bicyclic) bond motifs is 2. The zero-order valence-corrected chi connectivity index (χ0v) is 22.6. The van der Waals surface area contributed by atoms with Crippen LogP contribution in [0.5, 0.6) is 11.5 Å². The standard InChI is InChI=1S/C29H33N7O4/c1-19-4-6-21-15-23(29(37)30-24(21)13-19)27(28-31-32-33-36(28)17-22-3-2-12-38-22)35-10-8-34(9-11-35)16-20-5-7-25-26(14-20)40-18-39-25/h4-7,13-15,22,27H,2-3,8-12,16-18H2,1H3,(H,30,37). The summed E-state index contributed by atoms with van der Waals surface area (Å²) in [5.41, 5.74) is 3.67. The molecule has 7 rings (SSSR count). The molecule has 2 saturated heterocycles. The second-order valence-electron chi connectivity index (χ2n) is 10.9. The molecule has 4 aromatic rings. The Bertz CT molecular complexity index is 1570. The maximum Gasteiger partial charge on any atom is 0.253 e. The third-order valence-electron chi connectivity index (χ3n) is 8.14. The number of ether oxygens (including phenoxy) is 3. The summed E-state index contributed by atoms with van der Waals surface area (Å²) in [6.07, 6.45) is 2.11. The predicted octanol–water partition coefficient (Wildman–Crippen LogP) is 2.64. The van der Waals surface area contributed by atoms with E-state index >= 15 is 0 Å². The Morgan fingerprint density at radius 1 is 1.05 bits per heavy atom. The van der Waals surface area contributed by atoms with Gasteiger partial charge in [-0.05, 0) is 71.0 Å². The van der Waals surface area contributed by atoms with Gasteiger partial charge in [-0.1, -0.05) is 18.2 Å². The molecular formula is C29H33N7O4. The van der Waals surface area contributed by atoms with Crippen LogP contribution in [-0.4, -0.2) is 80.7 Å². The molecule has 1 N–H and O–H groups in total. The van der Waals surface area contributed by atoms with Gasteiger partial charge in [0.25, 0.3) is 5.56 Å². The van der Waals surface area contributed by atoms with Crippen LogP contribution in [0.3, 0.4) is 0 Å². The highest BCUT2D eigenvalue weighted by molar-refractivity contribution is 5.79. The number of rotatable bonds is 7. The molecule has 5 heterocycles. The average Bonchev–Trinajstić information content (AvgIpc) is 3.73. The Kier molecular flexibility index (Phi) is 6.70. The molecular weight excluding hydrogens is 510 g/mol. The van der Waals surface area contributed by atoms with E-state index < -0.39 is 0 Å². The Morgan fingerprint density at radius 3 is 2.77 bits per heavy atom. The number of hydrogen-bond donors (Lipinski definition) is 1. The van der Waals surface area contributed by atoms with E-state index in [9.17, 15) is 4.79 Å². The van der Waals surface area contributed by atoms with Crippen LogP contribution in [0, 0.1) is 6.92 Å². The minimum atomic E-state index is -0.376. The second kappa shape index (κ2) is 10.6. The number of benzene rings is 2. The van der Waals surface area contributed by atoms with Crippen molar-refractivity contribution in [2.75, 3.05) is 39.6 Å². The van der Waals surface area contributed by atoms with Gasteiger partial charge in [-0.25, -0.2) is 4.68 Å². The van der Waals surface area contributed by atoms with Crippen LogP contribution >= 0.6 is 0 Å².